The van der Waals surface area contributed by atoms with Gasteiger partial charge >= 0.3 is 0 Å². The van der Waals surface area contributed by atoms with E-state index in [4.69, 9.17) is 10.4 Å². The maximum absolute atomic E-state index is 8.95. The molecular weight excluding hydrogens is 150 g/mol. The Morgan fingerprint density at radius 3 is 2.58 bits per heavy atom. The average molecular weight is 161 g/mol. The van der Waals surface area contributed by atoms with Crippen LogP contribution in [0.3, 0.4) is 0 Å². The van der Waals surface area contributed by atoms with Crippen LogP contribution in [0, 0.1) is 25.2 Å². The highest BCUT2D eigenvalue weighted by Crippen LogP contribution is 2.15. The van der Waals surface area contributed by atoms with Crippen molar-refractivity contribution < 1.29 is 5.11 Å². The molecule has 0 aromatic heterocycles. The van der Waals surface area contributed by atoms with Crippen molar-refractivity contribution in [3.05, 3.63) is 34.4 Å². The van der Waals surface area contributed by atoms with Crippen LogP contribution >= 0.6 is 0 Å². The molecule has 2 nitrogen and oxygen atoms in total. The third-order valence-electron chi connectivity index (χ3n) is 2.07. The summed E-state index contributed by atoms with van der Waals surface area (Å²) in [4.78, 5) is 0. The lowest BCUT2D eigenvalue weighted by molar-refractivity contribution is 0.281. The first-order valence-electron chi connectivity index (χ1n) is 3.80. The smallest absolute Gasteiger partial charge is 0.0991 e. The number of nitrogens with zero attached hydrogens (tertiary/aromatic N) is 1. The molecule has 0 spiro atoms. The van der Waals surface area contributed by atoms with E-state index in [1.54, 1.807) is 6.07 Å². The molecule has 0 saturated heterocycles. The summed E-state index contributed by atoms with van der Waals surface area (Å²) in [5.74, 6) is 0. The quantitative estimate of drug-likeness (QED) is 0.680. The van der Waals surface area contributed by atoms with Crippen molar-refractivity contribution in [3.8, 4) is 6.07 Å². The van der Waals surface area contributed by atoms with Gasteiger partial charge in [-0.2, -0.15) is 5.26 Å². The molecular formula is C10H11NO. The Balaban J connectivity index is 3.31. The fraction of sp³-hybridized carbons (Fsp3) is 0.300. The first kappa shape index (κ1) is 8.76. The van der Waals surface area contributed by atoms with Crippen LogP contribution in [0.4, 0.5) is 0 Å². The van der Waals surface area contributed by atoms with Crippen LogP contribution in [0.5, 0.6) is 0 Å². The molecule has 0 amide bonds. The van der Waals surface area contributed by atoms with Gasteiger partial charge in [0.05, 0.1) is 18.2 Å². The summed E-state index contributed by atoms with van der Waals surface area (Å²) in [7, 11) is 0. The molecule has 0 saturated carbocycles. The van der Waals surface area contributed by atoms with Crippen molar-refractivity contribution >= 4 is 0 Å². The van der Waals surface area contributed by atoms with Crippen molar-refractivity contribution in [3.63, 3.8) is 0 Å². The number of benzene rings is 1. The summed E-state index contributed by atoms with van der Waals surface area (Å²) >= 11 is 0. The highest BCUT2D eigenvalue weighted by atomic mass is 16.3. The minimum Gasteiger partial charge on any atom is -0.392 e. The predicted molar refractivity (Wildman–Crippen MR) is 46.6 cm³/mol. The van der Waals surface area contributed by atoms with Crippen LogP contribution in [-0.4, -0.2) is 5.11 Å². The molecule has 1 aromatic rings. The van der Waals surface area contributed by atoms with Crippen LogP contribution < -0.4 is 0 Å². The monoisotopic (exact) mass is 161 g/mol. The van der Waals surface area contributed by atoms with Gasteiger partial charge in [0.2, 0.25) is 0 Å². The summed E-state index contributed by atoms with van der Waals surface area (Å²) in [6.45, 7) is 3.89. The summed E-state index contributed by atoms with van der Waals surface area (Å²) in [5, 5.41) is 17.6. The van der Waals surface area contributed by atoms with Gasteiger partial charge in [-0.1, -0.05) is 0 Å². The number of hydrogen-bond donors (Lipinski definition) is 1. The first-order valence-corrected chi connectivity index (χ1v) is 3.80. The van der Waals surface area contributed by atoms with Crippen LogP contribution in [0.25, 0.3) is 0 Å². The lowest BCUT2D eigenvalue weighted by Crippen LogP contribution is -1.93. The molecule has 0 radical (unpaired) electrons. The third kappa shape index (κ3) is 1.46. The van der Waals surface area contributed by atoms with Crippen LogP contribution in [0.1, 0.15) is 22.3 Å². The lowest BCUT2D eigenvalue weighted by atomic mass is 10.0. The summed E-state index contributed by atoms with van der Waals surface area (Å²) < 4.78 is 0. The average Bonchev–Trinajstić information content (AvgIpc) is 2.09. The van der Waals surface area contributed by atoms with Gasteiger partial charge in [-0.3, -0.25) is 0 Å². The second kappa shape index (κ2) is 3.38. The number of hydrogen-bond acceptors (Lipinski definition) is 2. The van der Waals surface area contributed by atoms with Crippen molar-refractivity contribution in [1.29, 1.82) is 5.26 Å². The lowest BCUT2D eigenvalue weighted by Gasteiger charge is -2.05. The normalized spacial score (nSPS) is 9.50. The number of rotatable bonds is 1. The Labute approximate surface area is 72.1 Å². The van der Waals surface area contributed by atoms with E-state index in [1.807, 2.05) is 19.9 Å². The van der Waals surface area contributed by atoms with Crippen molar-refractivity contribution in [1.82, 2.24) is 0 Å². The highest BCUT2D eigenvalue weighted by molar-refractivity contribution is 5.42. The molecule has 12 heavy (non-hydrogen) atoms. The summed E-state index contributed by atoms with van der Waals surface area (Å²) in [6, 6.07) is 5.61. The van der Waals surface area contributed by atoms with E-state index in [0.29, 0.717) is 5.56 Å². The largest absolute Gasteiger partial charge is 0.392 e. The summed E-state index contributed by atoms with van der Waals surface area (Å²) in [6.07, 6.45) is 0. The third-order valence-corrected chi connectivity index (χ3v) is 2.07. The van der Waals surface area contributed by atoms with Crippen LogP contribution in [0.2, 0.25) is 0 Å². The van der Waals surface area contributed by atoms with Crippen molar-refractivity contribution in [2.45, 2.75) is 20.5 Å². The molecule has 0 atom stereocenters. The molecule has 1 rings (SSSR count). The van der Waals surface area contributed by atoms with E-state index in [0.717, 1.165) is 16.7 Å². The Hall–Kier alpha value is -1.33. The predicted octanol–water partition coefficient (Wildman–Crippen LogP) is 1.67. The SMILES string of the molecule is Cc1cc(C#N)cc(CO)c1C. The zero-order chi connectivity index (χ0) is 9.14. The molecule has 0 fully saturated rings. The van der Waals surface area contributed by atoms with Gasteiger partial charge in [-0.05, 0) is 42.7 Å². The maximum atomic E-state index is 8.95. The van der Waals surface area contributed by atoms with Gasteiger partial charge in [0, 0.05) is 0 Å². The van der Waals surface area contributed by atoms with E-state index in [9.17, 15) is 0 Å². The zero-order valence-corrected chi connectivity index (χ0v) is 7.26. The molecule has 62 valence electrons. The van der Waals surface area contributed by atoms with E-state index >= 15 is 0 Å². The topological polar surface area (TPSA) is 44.0 Å². The number of aliphatic hydroxyl groups excluding tert-OH is 1. The molecule has 0 aliphatic rings. The second-order valence-electron chi connectivity index (χ2n) is 2.85. The van der Waals surface area contributed by atoms with E-state index in [1.165, 1.54) is 0 Å². The second-order valence-corrected chi connectivity index (χ2v) is 2.85. The van der Waals surface area contributed by atoms with Gasteiger partial charge in [0.1, 0.15) is 0 Å². The molecule has 0 aliphatic heterocycles. The first-order chi connectivity index (χ1) is 5.69. The minimum atomic E-state index is 0.00218. The molecule has 1 aromatic carbocycles. The highest BCUT2D eigenvalue weighted by Gasteiger charge is 2.02. The van der Waals surface area contributed by atoms with E-state index in [-0.39, 0.29) is 6.61 Å². The zero-order valence-electron chi connectivity index (χ0n) is 7.26. The molecule has 0 heterocycles. The standard InChI is InChI=1S/C10H11NO/c1-7-3-9(5-11)4-10(6-12)8(7)2/h3-4,12H,6H2,1-2H3. The number of nitriles is 1. The maximum Gasteiger partial charge on any atom is 0.0991 e. The molecule has 2 heteroatoms. The summed E-state index contributed by atoms with van der Waals surface area (Å²) in [5.41, 5.74) is 3.57. The van der Waals surface area contributed by atoms with E-state index in [2.05, 4.69) is 6.07 Å². The Bertz CT molecular complexity index is 336. The Kier molecular flexibility index (Phi) is 2.47. The molecule has 1 N–H and O–H groups in total. The number of aryl methyl sites for hydroxylation is 1. The van der Waals surface area contributed by atoms with Gasteiger partial charge in [0.15, 0.2) is 0 Å². The van der Waals surface area contributed by atoms with Gasteiger partial charge in [0.25, 0.3) is 0 Å². The van der Waals surface area contributed by atoms with E-state index < -0.39 is 0 Å². The fourth-order valence-corrected chi connectivity index (χ4v) is 1.16. The minimum absolute atomic E-state index is 0.00218. The number of aliphatic hydroxyl groups is 1. The van der Waals surface area contributed by atoms with Crippen LogP contribution in [-0.2, 0) is 6.61 Å². The fourth-order valence-electron chi connectivity index (χ4n) is 1.16. The van der Waals surface area contributed by atoms with Gasteiger partial charge in [-0.15, -0.1) is 0 Å². The molecule has 0 unspecified atom stereocenters. The Morgan fingerprint density at radius 2 is 2.08 bits per heavy atom. The molecule has 0 aliphatic carbocycles. The Morgan fingerprint density at radius 1 is 1.42 bits per heavy atom. The van der Waals surface area contributed by atoms with Gasteiger partial charge in [-0.25, -0.2) is 0 Å². The van der Waals surface area contributed by atoms with Crippen molar-refractivity contribution in [2.75, 3.05) is 0 Å². The van der Waals surface area contributed by atoms with Crippen molar-refractivity contribution in [2.24, 2.45) is 0 Å². The van der Waals surface area contributed by atoms with Gasteiger partial charge < -0.3 is 5.11 Å². The molecule has 0 bridgehead atoms. The van der Waals surface area contributed by atoms with Crippen LogP contribution in [0.15, 0.2) is 12.1 Å².